The molecule has 2 heteroatoms. The summed E-state index contributed by atoms with van der Waals surface area (Å²) in [5, 5.41) is 12.8. The van der Waals surface area contributed by atoms with Crippen molar-refractivity contribution in [2.45, 2.75) is 39.2 Å². The lowest BCUT2D eigenvalue weighted by atomic mass is 9.87. The van der Waals surface area contributed by atoms with E-state index in [-0.39, 0.29) is 11.5 Å². The maximum absolute atomic E-state index is 9.31. The smallest absolute Gasteiger partial charge is 0.115 e. The Morgan fingerprint density at radius 1 is 0.900 bits per heavy atom. The van der Waals surface area contributed by atoms with E-state index in [9.17, 15) is 5.11 Å². The average molecular weight is 269 g/mol. The molecule has 0 radical (unpaired) electrons. The number of anilines is 1. The fraction of sp³-hybridized carbons (Fsp3) is 0.333. The highest BCUT2D eigenvalue weighted by molar-refractivity contribution is 5.48. The van der Waals surface area contributed by atoms with Crippen molar-refractivity contribution >= 4 is 5.69 Å². The quantitative estimate of drug-likeness (QED) is 0.833. The van der Waals surface area contributed by atoms with E-state index in [2.05, 4.69) is 57.3 Å². The largest absolute Gasteiger partial charge is 0.508 e. The van der Waals surface area contributed by atoms with Gasteiger partial charge in [-0.3, -0.25) is 0 Å². The Hall–Kier alpha value is -1.96. The first-order valence-electron chi connectivity index (χ1n) is 7.02. The Morgan fingerprint density at radius 2 is 1.45 bits per heavy atom. The fourth-order valence-electron chi connectivity index (χ4n) is 2.16. The molecule has 0 spiro atoms. The molecule has 2 rings (SSSR count). The van der Waals surface area contributed by atoms with Gasteiger partial charge in [0.25, 0.3) is 0 Å². The van der Waals surface area contributed by atoms with Gasteiger partial charge in [-0.25, -0.2) is 0 Å². The first kappa shape index (κ1) is 14.4. The predicted octanol–water partition coefficient (Wildman–Crippen LogP) is 4.86. The summed E-state index contributed by atoms with van der Waals surface area (Å²) >= 11 is 0. The molecule has 1 unspecified atom stereocenters. The van der Waals surface area contributed by atoms with Crippen LogP contribution in [0.3, 0.4) is 0 Å². The van der Waals surface area contributed by atoms with Crippen LogP contribution in [0.2, 0.25) is 0 Å². The number of hydrogen-bond acceptors (Lipinski definition) is 2. The molecule has 2 aromatic carbocycles. The third kappa shape index (κ3) is 3.53. The molecule has 0 fully saturated rings. The van der Waals surface area contributed by atoms with Crippen LogP contribution >= 0.6 is 0 Å². The zero-order valence-corrected chi connectivity index (χ0v) is 12.6. The first-order chi connectivity index (χ1) is 9.36. The SMILES string of the molecule is CC(Nc1ccc(C(C)(C)C)cc1)c1ccc(O)cc1. The van der Waals surface area contributed by atoms with Crippen molar-refractivity contribution in [3.63, 3.8) is 0 Å². The summed E-state index contributed by atoms with van der Waals surface area (Å²) in [5.74, 6) is 0.301. The minimum atomic E-state index is 0.182. The minimum absolute atomic E-state index is 0.182. The first-order valence-corrected chi connectivity index (χ1v) is 7.02. The lowest BCUT2D eigenvalue weighted by Crippen LogP contribution is -2.11. The number of hydrogen-bond donors (Lipinski definition) is 2. The van der Waals surface area contributed by atoms with E-state index in [1.807, 2.05) is 12.1 Å². The summed E-state index contributed by atoms with van der Waals surface area (Å²) < 4.78 is 0. The summed E-state index contributed by atoms with van der Waals surface area (Å²) in [6.07, 6.45) is 0. The van der Waals surface area contributed by atoms with Gasteiger partial charge in [0.15, 0.2) is 0 Å². The molecule has 1 atom stereocenters. The van der Waals surface area contributed by atoms with E-state index >= 15 is 0 Å². The number of rotatable bonds is 3. The van der Waals surface area contributed by atoms with Crippen molar-refractivity contribution in [2.75, 3.05) is 5.32 Å². The van der Waals surface area contributed by atoms with Gasteiger partial charge >= 0.3 is 0 Å². The molecule has 0 aliphatic rings. The van der Waals surface area contributed by atoms with Crippen molar-refractivity contribution in [2.24, 2.45) is 0 Å². The zero-order valence-electron chi connectivity index (χ0n) is 12.6. The maximum atomic E-state index is 9.31. The highest BCUT2D eigenvalue weighted by atomic mass is 16.3. The molecule has 2 N–H and O–H groups in total. The summed E-state index contributed by atoms with van der Waals surface area (Å²) in [4.78, 5) is 0. The molecule has 0 aliphatic heterocycles. The third-order valence-electron chi connectivity index (χ3n) is 3.53. The van der Waals surface area contributed by atoms with Crippen molar-refractivity contribution in [1.82, 2.24) is 0 Å². The zero-order chi connectivity index (χ0) is 14.8. The Labute approximate surface area is 121 Å². The topological polar surface area (TPSA) is 32.3 Å². The van der Waals surface area contributed by atoms with Gasteiger partial charge < -0.3 is 10.4 Å². The molecule has 0 saturated heterocycles. The minimum Gasteiger partial charge on any atom is -0.508 e. The van der Waals surface area contributed by atoms with Gasteiger partial charge in [-0.05, 0) is 47.7 Å². The van der Waals surface area contributed by atoms with E-state index in [4.69, 9.17) is 0 Å². The van der Waals surface area contributed by atoms with Crippen LogP contribution in [0.15, 0.2) is 48.5 Å². The lowest BCUT2D eigenvalue weighted by molar-refractivity contribution is 0.475. The standard InChI is InChI=1S/C18H23NO/c1-13(14-5-11-17(20)12-6-14)19-16-9-7-15(8-10-16)18(2,3)4/h5-13,19-20H,1-4H3. The van der Waals surface area contributed by atoms with Crippen LogP contribution in [-0.4, -0.2) is 5.11 Å². The highest BCUT2D eigenvalue weighted by Crippen LogP contribution is 2.25. The maximum Gasteiger partial charge on any atom is 0.115 e. The van der Waals surface area contributed by atoms with Gasteiger partial charge in [-0.1, -0.05) is 45.0 Å². The lowest BCUT2D eigenvalue weighted by Gasteiger charge is -2.20. The molecule has 0 amide bonds. The summed E-state index contributed by atoms with van der Waals surface area (Å²) in [6.45, 7) is 8.77. The van der Waals surface area contributed by atoms with E-state index < -0.39 is 0 Å². The molecule has 2 aromatic rings. The van der Waals surface area contributed by atoms with E-state index in [1.54, 1.807) is 12.1 Å². The average Bonchev–Trinajstić information content (AvgIpc) is 2.39. The highest BCUT2D eigenvalue weighted by Gasteiger charge is 2.13. The summed E-state index contributed by atoms with van der Waals surface area (Å²) in [6, 6.07) is 16.1. The molecule has 0 saturated carbocycles. The van der Waals surface area contributed by atoms with Gasteiger partial charge in [0.1, 0.15) is 5.75 Å². The number of aromatic hydroxyl groups is 1. The van der Waals surface area contributed by atoms with Gasteiger partial charge in [0.2, 0.25) is 0 Å². The monoisotopic (exact) mass is 269 g/mol. The molecule has 106 valence electrons. The summed E-state index contributed by atoms with van der Waals surface area (Å²) in [5.41, 5.74) is 3.78. The Bertz CT molecular complexity index is 549. The van der Waals surface area contributed by atoms with Gasteiger partial charge in [-0.15, -0.1) is 0 Å². The molecule has 2 nitrogen and oxygen atoms in total. The van der Waals surface area contributed by atoms with Crippen LogP contribution < -0.4 is 5.32 Å². The van der Waals surface area contributed by atoms with Crippen molar-refractivity contribution in [3.8, 4) is 5.75 Å². The molecule has 0 aromatic heterocycles. The van der Waals surface area contributed by atoms with E-state index in [0.29, 0.717) is 5.75 Å². The Balaban J connectivity index is 2.08. The second-order valence-electron chi connectivity index (χ2n) is 6.28. The molecule has 0 bridgehead atoms. The van der Waals surface area contributed by atoms with Crippen molar-refractivity contribution in [1.29, 1.82) is 0 Å². The van der Waals surface area contributed by atoms with Crippen LogP contribution in [0, 0.1) is 0 Å². The normalized spacial score (nSPS) is 13.0. The van der Waals surface area contributed by atoms with Crippen LogP contribution in [0.25, 0.3) is 0 Å². The van der Waals surface area contributed by atoms with Crippen LogP contribution in [0.4, 0.5) is 5.69 Å². The predicted molar refractivity (Wildman–Crippen MR) is 85.3 cm³/mol. The number of nitrogens with one attached hydrogen (secondary N) is 1. The van der Waals surface area contributed by atoms with Crippen molar-refractivity contribution < 1.29 is 5.11 Å². The fourth-order valence-corrected chi connectivity index (χ4v) is 2.16. The van der Waals surface area contributed by atoms with E-state index in [1.165, 1.54) is 5.56 Å². The number of phenols is 1. The van der Waals surface area contributed by atoms with E-state index in [0.717, 1.165) is 11.3 Å². The molecule has 0 heterocycles. The van der Waals surface area contributed by atoms with Crippen molar-refractivity contribution in [3.05, 3.63) is 59.7 Å². The summed E-state index contributed by atoms with van der Waals surface area (Å²) in [7, 11) is 0. The number of benzene rings is 2. The molecular formula is C18H23NO. The van der Waals surface area contributed by atoms with Crippen LogP contribution in [0.5, 0.6) is 5.75 Å². The molecule has 0 aliphatic carbocycles. The van der Waals surface area contributed by atoms with Gasteiger partial charge in [-0.2, -0.15) is 0 Å². The molecular weight excluding hydrogens is 246 g/mol. The third-order valence-corrected chi connectivity index (χ3v) is 3.53. The van der Waals surface area contributed by atoms with Crippen LogP contribution in [-0.2, 0) is 5.41 Å². The van der Waals surface area contributed by atoms with Gasteiger partial charge in [0.05, 0.1) is 0 Å². The van der Waals surface area contributed by atoms with Crippen LogP contribution in [0.1, 0.15) is 44.9 Å². The Kier molecular flexibility index (Phi) is 4.03. The number of phenolic OH excluding ortho intramolecular Hbond substituents is 1. The molecule has 20 heavy (non-hydrogen) atoms. The second kappa shape index (κ2) is 5.58. The Morgan fingerprint density at radius 3 is 1.95 bits per heavy atom. The second-order valence-corrected chi connectivity index (χ2v) is 6.28. The van der Waals surface area contributed by atoms with Gasteiger partial charge in [0, 0.05) is 11.7 Å².